The van der Waals surface area contributed by atoms with Crippen molar-refractivity contribution < 1.29 is 27.8 Å². The summed E-state index contributed by atoms with van der Waals surface area (Å²) in [5.74, 6) is 0. The molecule has 2 aliphatic rings. The summed E-state index contributed by atoms with van der Waals surface area (Å²) in [7, 11) is 0. The first-order chi connectivity index (χ1) is 14.5. The molecule has 31 heavy (non-hydrogen) atoms. The van der Waals surface area contributed by atoms with Crippen LogP contribution >= 0.6 is 0 Å². The monoisotopic (exact) mass is 439 g/mol. The van der Waals surface area contributed by atoms with Crippen molar-refractivity contribution in [3.63, 3.8) is 0 Å². The van der Waals surface area contributed by atoms with Gasteiger partial charge in [-0.05, 0) is 33.3 Å². The van der Waals surface area contributed by atoms with Gasteiger partial charge in [0.15, 0.2) is 0 Å². The van der Waals surface area contributed by atoms with Crippen molar-refractivity contribution in [2.45, 2.75) is 64.4 Å². The first-order valence-corrected chi connectivity index (χ1v) is 10.5. The van der Waals surface area contributed by atoms with E-state index in [0.29, 0.717) is 13.1 Å². The Balaban J connectivity index is 1.81. The zero-order valence-corrected chi connectivity index (χ0v) is 18.5. The Morgan fingerprint density at radius 2 is 1.90 bits per heavy atom. The molecule has 0 aromatic heterocycles. The minimum absolute atomic E-state index is 0.0483. The number of hydrogen-bond acceptors (Lipinski definition) is 5. The minimum atomic E-state index is -2.70. The summed E-state index contributed by atoms with van der Waals surface area (Å²) in [5, 5.41) is 0. The van der Waals surface area contributed by atoms with Crippen molar-refractivity contribution in [2.75, 3.05) is 26.2 Å². The molecule has 0 radical (unpaired) electrons. The Kier molecular flexibility index (Phi) is 7.03. The molecular formula is C22H31F2N3O4. The van der Waals surface area contributed by atoms with E-state index in [1.165, 1.54) is 0 Å². The van der Waals surface area contributed by atoms with E-state index in [1.54, 1.807) is 25.7 Å². The Morgan fingerprint density at radius 1 is 1.23 bits per heavy atom. The molecule has 2 amide bonds. The second kappa shape index (κ2) is 9.38. The van der Waals surface area contributed by atoms with Crippen LogP contribution in [0.5, 0.6) is 0 Å². The fourth-order valence-corrected chi connectivity index (χ4v) is 3.98. The fourth-order valence-electron chi connectivity index (χ4n) is 3.98. The summed E-state index contributed by atoms with van der Waals surface area (Å²) in [6, 6.07) is 8.05. The molecule has 0 saturated carbocycles. The highest BCUT2D eigenvalue weighted by molar-refractivity contribution is 5.70. The van der Waals surface area contributed by atoms with Gasteiger partial charge < -0.3 is 14.4 Å². The number of nitrogens with zero attached hydrogens (tertiary/aromatic N) is 3. The number of halogens is 2. The van der Waals surface area contributed by atoms with Crippen LogP contribution in [0.1, 0.15) is 33.3 Å². The van der Waals surface area contributed by atoms with Crippen molar-refractivity contribution in [2.24, 2.45) is 0 Å². The first-order valence-electron chi connectivity index (χ1n) is 10.5. The van der Waals surface area contributed by atoms with Crippen LogP contribution in [-0.2, 0) is 16.0 Å². The third-order valence-corrected chi connectivity index (χ3v) is 5.52. The Labute approximate surface area is 181 Å². The van der Waals surface area contributed by atoms with Gasteiger partial charge in [0.1, 0.15) is 18.2 Å². The maximum Gasteiger partial charge on any atom is 0.410 e. The molecular weight excluding hydrogens is 408 g/mol. The molecule has 0 bridgehead atoms. The van der Waals surface area contributed by atoms with Crippen molar-refractivity contribution in [3.05, 3.63) is 35.9 Å². The average molecular weight is 440 g/mol. The average Bonchev–Trinajstić information content (AvgIpc) is 3.04. The zero-order chi connectivity index (χ0) is 22.8. The second-order valence-electron chi connectivity index (χ2n) is 9.18. The standard InChI is InChI=1S/C22H31F2N3O4/c1-15-10-25(11-16-8-6-5-7-9-16)17(12-26(15)21(29)31-22(2,3)4)13-27-18(19(23)24)14-30-20(27)28/h5-9,15,17-19H,10-14H2,1-4H3/t15-,17-,18+/m1/s1. The van der Waals surface area contributed by atoms with E-state index in [-0.39, 0.29) is 31.8 Å². The Hall–Kier alpha value is -2.42. The third-order valence-electron chi connectivity index (χ3n) is 5.52. The molecule has 9 heteroatoms. The number of alkyl halides is 2. The number of ether oxygens (including phenoxy) is 2. The van der Waals surface area contributed by atoms with Gasteiger partial charge >= 0.3 is 12.2 Å². The van der Waals surface area contributed by atoms with Gasteiger partial charge in [-0.3, -0.25) is 9.80 Å². The molecule has 1 aromatic rings. The van der Waals surface area contributed by atoms with Crippen LogP contribution in [0.4, 0.5) is 18.4 Å². The highest BCUT2D eigenvalue weighted by atomic mass is 19.3. The van der Waals surface area contributed by atoms with Gasteiger partial charge in [0.05, 0.1) is 0 Å². The van der Waals surface area contributed by atoms with E-state index in [4.69, 9.17) is 9.47 Å². The highest BCUT2D eigenvalue weighted by Crippen LogP contribution is 2.25. The van der Waals surface area contributed by atoms with E-state index >= 15 is 0 Å². The van der Waals surface area contributed by atoms with Crippen LogP contribution in [-0.4, -0.2) is 83.3 Å². The van der Waals surface area contributed by atoms with Crippen LogP contribution in [0.25, 0.3) is 0 Å². The summed E-state index contributed by atoms with van der Waals surface area (Å²) in [6.45, 7) is 8.43. The van der Waals surface area contributed by atoms with E-state index in [1.807, 2.05) is 37.3 Å². The molecule has 0 unspecified atom stereocenters. The van der Waals surface area contributed by atoms with Crippen LogP contribution in [0.15, 0.2) is 30.3 Å². The molecule has 3 atom stereocenters. The second-order valence-corrected chi connectivity index (χ2v) is 9.18. The largest absolute Gasteiger partial charge is 0.447 e. The molecule has 2 heterocycles. The van der Waals surface area contributed by atoms with Crippen molar-refractivity contribution >= 4 is 12.2 Å². The Bertz CT molecular complexity index is 772. The maximum atomic E-state index is 13.4. The number of carbonyl (C=O) groups excluding carboxylic acids is 2. The van der Waals surface area contributed by atoms with Crippen molar-refractivity contribution in [1.29, 1.82) is 0 Å². The van der Waals surface area contributed by atoms with Gasteiger partial charge in [-0.25, -0.2) is 18.4 Å². The lowest BCUT2D eigenvalue weighted by molar-refractivity contribution is -0.0230. The first kappa shape index (κ1) is 23.2. The molecule has 1 aromatic carbocycles. The highest BCUT2D eigenvalue weighted by Gasteiger charge is 2.43. The third kappa shape index (κ3) is 5.84. The molecule has 2 aliphatic heterocycles. The topological polar surface area (TPSA) is 62.3 Å². The van der Waals surface area contributed by atoms with Crippen molar-refractivity contribution in [3.8, 4) is 0 Å². The lowest BCUT2D eigenvalue weighted by atomic mass is 10.0. The smallest absolute Gasteiger partial charge is 0.410 e. The number of rotatable bonds is 5. The van der Waals surface area contributed by atoms with E-state index < -0.39 is 30.3 Å². The van der Waals surface area contributed by atoms with Gasteiger partial charge in [-0.2, -0.15) is 0 Å². The van der Waals surface area contributed by atoms with Crippen LogP contribution in [0, 0.1) is 0 Å². The quantitative estimate of drug-likeness (QED) is 0.702. The zero-order valence-electron chi connectivity index (χ0n) is 18.5. The molecule has 7 nitrogen and oxygen atoms in total. The van der Waals surface area contributed by atoms with Gasteiger partial charge in [0.25, 0.3) is 6.43 Å². The lowest BCUT2D eigenvalue weighted by Gasteiger charge is -2.46. The molecule has 3 rings (SSSR count). The predicted octanol–water partition coefficient (Wildman–Crippen LogP) is 3.58. The van der Waals surface area contributed by atoms with Crippen LogP contribution in [0.2, 0.25) is 0 Å². The SMILES string of the molecule is C[C@@H]1CN(Cc2ccccc2)[C@@H](CN2C(=O)OC[C@H]2C(F)F)CN1C(=O)OC(C)(C)C. The lowest BCUT2D eigenvalue weighted by Crippen LogP contribution is -2.62. The summed E-state index contributed by atoms with van der Waals surface area (Å²) >= 11 is 0. The van der Waals surface area contributed by atoms with Gasteiger partial charge in [-0.15, -0.1) is 0 Å². The molecule has 172 valence electrons. The number of amides is 2. The fraction of sp³-hybridized carbons (Fsp3) is 0.636. The molecule has 2 saturated heterocycles. The predicted molar refractivity (Wildman–Crippen MR) is 111 cm³/mol. The number of piperazine rings is 1. The number of carbonyl (C=O) groups is 2. The van der Waals surface area contributed by atoms with E-state index in [9.17, 15) is 18.4 Å². The van der Waals surface area contributed by atoms with E-state index in [0.717, 1.165) is 10.5 Å². The summed E-state index contributed by atoms with van der Waals surface area (Å²) in [5.41, 5.74) is 0.423. The number of cyclic esters (lactones) is 1. The molecule has 0 aliphatic carbocycles. The molecule has 0 spiro atoms. The van der Waals surface area contributed by atoms with Gasteiger partial charge in [0, 0.05) is 38.3 Å². The molecule has 2 fully saturated rings. The summed E-state index contributed by atoms with van der Waals surface area (Å²) in [4.78, 5) is 29.8. The summed E-state index contributed by atoms with van der Waals surface area (Å²) in [6.07, 6.45) is -3.88. The summed E-state index contributed by atoms with van der Waals surface area (Å²) < 4.78 is 37.3. The maximum absolute atomic E-state index is 13.4. The van der Waals surface area contributed by atoms with Gasteiger partial charge in [-0.1, -0.05) is 30.3 Å². The molecule has 0 N–H and O–H groups in total. The normalized spacial score (nSPS) is 25.1. The van der Waals surface area contributed by atoms with Crippen molar-refractivity contribution in [1.82, 2.24) is 14.7 Å². The van der Waals surface area contributed by atoms with E-state index in [2.05, 4.69) is 4.90 Å². The van der Waals surface area contributed by atoms with Gasteiger partial charge in [0.2, 0.25) is 0 Å². The van der Waals surface area contributed by atoms with Crippen LogP contribution in [0.3, 0.4) is 0 Å². The number of benzene rings is 1. The minimum Gasteiger partial charge on any atom is -0.447 e. The number of hydrogen-bond donors (Lipinski definition) is 0. The Morgan fingerprint density at radius 3 is 2.52 bits per heavy atom. The van der Waals surface area contributed by atoms with Crippen LogP contribution < -0.4 is 0 Å².